The Labute approximate surface area is 82.7 Å². The smallest absolute Gasteiger partial charge is 0.000472 e. The first-order valence-electron chi connectivity index (χ1n) is 4.05. The van der Waals surface area contributed by atoms with Crippen molar-refractivity contribution in [1.82, 2.24) is 0 Å². The van der Waals surface area contributed by atoms with Gasteiger partial charge in [-0.3, -0.25) is 0 Å². The van der Waals surface area contributed by atoms with Gasteiger partial charge in [-0.1, -0.05) is 35.9 Å². The van der Waals surface area contributed by atoms with Crippen molar-refractivity contribution in [2.75, 3.05) is 15.9 Å². The first-order chi connectivity index (χ1) is 4.91. The van der Waals surface area contributed by atoms with Crippen LogP contribution in [0.4, 0.5) is 0 Å². The van der Waals surface area contributed by atoms with Crippen LogP contribution in [0.2, 0.25) is 0 Å². The molecule has 0 saturated carbocycles. The molecule has 0 atom stereocenters. The number of hydrogen-bond acceptors (Lipinski definition) is 1. The lowest BCUT2D eigenvalue weighted by atomic mass is 10.3. The number of halogens is 1. The normalized spacial score (nSPS) is 10.2. The molecule has 0 amide bonds. The number of rotatable bonds is 7. The fourth-order valence-corrected chi connectivity index (χ4v) is 2.16. The van der Waals surface area contributed by atoms with Crippen molar-refractivity contribution < 1.29 is 0 Å². The van der Waals surface area contributed by atoms with Crippen LogP contribution in [0.3, 0.4) is 0 Å². The molecule has 0 rings (SSSR count). The Balaban J connectivity index is 2.65. The van der Waals surface area contributed by atoms with E-state index in [1.54, 1.807) is 0 Å². The van der Waals surface area contributed by atoms with E-state index in [1.807, 2.05) is 0 Å². The minimum Gasteiger partial charge on any atom is -0.162 e. The van der Waals surface area contributed by atoms with E-state index in [-0.39, 0.29) is 0 Å². The van der Waals surface area contributed by atoms with Crippen LogP contribution in [0, 0.1) is 0 Å². The topological polar surface area (TPSA) is 0 Å². The zero-order valence-corrected chi connectivity index (χ0v) is 9.71. The third-order valence-corrected chi connectivity index (χ3v) is 3.31. The van der Waals surface area contributed by atoms with Gasteiger partial charge in [-0.05, 0) is 35.2 Å². The van der Waals surface area contributed by atoms with Gasteiger partial charge in [0.1, 0.15) is 0 Å². The number of hydrogen-bond donors (Lipinski definition) is 0. The van der Waals surface area contributed by atoms with E-state index in [0.29, 0.717) is 0 Å². The molecule has 0 N–H and O–H groups in total. The number of unbranched alkanes of at least 4 members (excludes halogenated alkanes) is 2. The Morgan fingerprint density at radius 1 is 1.10 bits per heavy atom. The summed E-state index contributed by atoms with van der Waals surface area (Å²) in [5.41, 5.74) is 0. The molecule has 0 aromatic carbocycles. The van der Waals surface area contributed by atoms with Crippen molar-refractivity contribution in [3.05, 3.63) is 0 Å². The quantitative estimate of drug-likeness (QED) is 0.386. The zero-order valence-electron chi connectivity index (χ0n) is 6.74. The average Bonchev–Trinajstić information content (AvgIpc) is 1.97. The number of alkyl halides is 1. The first kappa shape index (κ1) is 11.1. The minimum atomic E-state index is 1.33. The fraction of sp³-hybridized carbons (Fsp3) is 1.00. The molecule has 0 radical (unpaired) electrons. The van der Waals surface area contributed by atoms with Crippen molar-refractivity contribution in [3.8, 4) is 0 Å². The van der Waals surface area contributed by atoms with Crippen LogP contribution in [0.15, 0.2) is 0 Å². The highest BCUT2D eigenvalue weighted by molar-refractivity contribution is 14.1. The van der Waals surface area contributed by atoms with Crippen molar-refractivity contribution >= 4 is 34.4 Å². The van der Waals surface area contributed by atoms with Crippen LogP contribution in [-0.2, 0) is 0 Å². The van der Waals surface area contributed by atoms with Gasteiger partial charge in [0.25, 0.3) is 0 Å². The van der Waals surface area contributed by atoms with Gasteiger partial charge >= 0.3 is 0 Å². The van der Waals surface area contributed by atoms with Gasteiger partial charge in [0, 0.05) is 0 Å². The molecule has 0 aromatic rings. The average molecular weight is 272 g/mol. The molecule has 0 heterocycles. The lowest BCUT2D eigenvalue weighted by molar-refractivity contribution is 0.792. The maximum absolute atomic E-state index is 2.45. The Hall–Kier alpha value is 1.08. The molecular weight excluding hydrogens is 255 g/mol. The second-order valence-corrected chi connectivity index (χ2v) is 4.67. The maximum atomic E-state index is 2.45. The van der Waals surface area contributed by atoms with Crippen LogP contribution in [0.5, 0.6) is 0 Å². The summed E-state index contributed by atoms with van der Waals surface area (Å²) in [6.07, 6.45) is 5.59. The van der Waals surface area contributed by atoms with E-state index in [2.05, 4.69) is 41.3 Å². The van der Waals surface area contributed by atoms with Crippen molar-refractivity contribution in [2.24, 2.45) is 0 Å². The summed E-state index contributed by atoms with van der Waals surface area (Å²) in [5.74, 6) is 2.73. The van der Waals surface area contributed by atoms with E-state index in [0.717, 1.165) is 0 Å². The van der Waals surface area contributed by atoms with Gasteiger partial charge in [0.15, 0.2) is 0 Å². The van der Waals surface area contributed by atoms with E-state index in [4.69, 9.17) is 0 Å². The van der Waals surface area contributed by atoms with Gasteiger partial charge in [0.2, 0.25) is 0 Å². The van der Waals surface area contributed by atoms with Gasteiger partial charge in [-0.25, -0.2) is 0 Å². The van der Waals surface area contributed by atoms with Gasteiger partial charge in [-0.15, -0.1) is 0 Å². The molecule has 0 spiro atoms. The molecule has 0 bridgehead atoms. The standard InChI is InChI=1S/C8H17IS/c1-2-7-10-8-5-3-4-6-9/h2-8H2,1H3. The molecule has 0 unspecified atom stereocenters. The summed E-state index contributed by atoms with van der Waals surface area (Å²) in [4.78, 5) is 0. The summed E-state index contributed by atoms with van der Waals surface area (Å²) in [6.45, 7) is 2.25. The second-order valence-electron chi connectivity index (χ2n) is 2.36. The summed E-state index contributed by atoms with van der Waals surface area (Å²) in [6, 6.07) is 0. The Kier molecular flexibility index (Phi) is 11.2. The highest BCUT2D eigenvalue weighted by atomic mass is 127. The Morgan fingerprint density at radius 2 is 1.90 bits per heavy atom. The Bertz CT molecular complexity index is 49.2. The predicted octanol–water partition coefficient (Wildman–Crippen LogP) is 3.73. The molecule has 2 heteroatoms. The van der Waals surface area contributed by atoms with Crippen LogP contribution in [0.25, 0.3) is 0 Å². The van der Waals surface area contributed by atoms with E-state index in [1.165, 1.54) is 41.6 Å². The summed E-state index contributed by atoms with van der Waals surface area (Å²) in [7, 11) is 0. The maximum Gasteiger partial charge on any atom is -0.000472 e. The molecule has 0 fully saturated rings. The molecule has 0 aliphatic rings. The molecule has 0 aliphatic heterocycles. The van der Waals surface area contributed by atoms with Crippen LogP contribution < -0.4 is 0 Å². The van der Waals surface area contributed by atoms with Crippen molar-refractivity contribution in [2.45, 2.75) is 32.6 Å². The summed E-state index contributed by atoms with van der Waals surface area (Å²) >= 11 is 4.55. The molecular formula is C8H17IS. The van der Waals surface area contributed by atoms with Gasteiger partial charge in [0.05, 0.1) is 0 Å². The third-order valence-electron chi connectivity index (χ3n) is 1.27. The lowest BCUT2D eigenvalue weighted by Crippen LogP contribution is -1.83. The SMILES string of the molecule is CCCSCCCCCI. The summed E-state index contributed by atoms with van der Waals surface area (Å²) in [5, 5.41) is 0. The van der Waals surface area contributed by atoms with E-state index < -0.39 is 0 Å². The van der Waals surface area contributed by atoms with E-state index >= 15 is 0 Å². The highest BCUT2D eigenvalue weighted by Gasteiger charge is 1.87. The molecule has 0 aliphatic carbocycles. The first-order valence-corrected chi connectivity index (χ1v) is 6.73. The van der Waals surface area contributed by atoms with Crippen LogP contribution in [0.1, 0.15) is 32.6 Å². The molecule has 0 aromatic heterocycles. The Morgan fingerprint density at radius 3 is 2.50 bits per heavy atom. The molecule has 10 heavy (non-hydrogen) atoms. The second kappa shape index (κ2) is 10.1. The fourth-order valence-electron chi connectivity index (χ4n) is 0.722. The summed E-state index contributed by atoms with van der Waals surface area (Å²) < 4.78 is 1.33. The van der Waals surface area contributed by atoms with Crippen LogP contribution >= 0.6 is 34.4 Å². The highest BCUT2D eigenvalue weighted by Crippen LogP contribution is 2.07. The van der Waals surface area contributed by atoms with Gasteiger partial charge in [-0.2, -0.15) is 11.8 Å². The molecule has 62 valence electrons. The number of thioether (sulfide) groups is 1. The van der Waals surface area contributed by atoms with Crippen LogP contribution in [-0.4, -0.2) is 15.9 Å². The van der Waals surface area contributed by atoms with Gasteiger partial charge < -0.3 is 0 Å². The molecule has 0 saturated heterocycles. The molecule has 0 nitrogen and oxygen atoms in total. The zero-order chi connectivity index (χ0) is 7.66. The monoisotopic (exact) mass is 272 g/mol. The van der Waals surface area contributed by atoms with Crippen molar-refractivity contribution in [1.29, 1.82) is 0 Å². The largest absolute Gasteiger partial charge is 0.162 e. The predicted molar refractivity (Wildman–Crippen MR) is 60.4 cm³/mol. The van der Waals surface area contributed by atoms with E-state index in [9.17, 15) is 0 Å². The lowest BCUT2D eigenvalue weighted by Gasteiger charge is -1.97. The van der Waals surface area contributed by atoms with Crippen molar-refractivity contribution in [3.63, 3.8) is 0 Å². The minimum absolute atomic E-state index is 1.33. The third kappa shape index (κ3) is 9.08.